The van der Waals surface area contributed by atoms with Crippen LogP contribution in [0.2, 0.25) is 0 Å². The number of ether oxygens (including phenoxy) is 2. The van der Waals surface area contributed by atoms with Crippen molar-refractivity contribution in [3.63, 3.8) is 0 Å². The molecule has 0 amide bonds. The molecule has 0 aromatic carbocycles. The Bertz CT molecular complexity index is 1580. The molecule has 0 fully saturated rings. The van der Waals surface area contributed by atoms with Gasteiger partial charge in [0.2, 0.25) is 0 Å². The van der Waals surface area contributed by atoms with Gasteiger partial charge in [0.15, 0.2) is 6.10 Å². The minimum Gasteiger partial charge on any atom is -0.462 e. The second-order valence-corrected chi connectivity index (χ2v) is 18.5. The molecule has 0 aliphatic carbocycles. The molecule has 0 aliphatic heterocycles. The molecule has 10 heteroatoms. The van der Waals surface area contributed by atoms with Crippen molar-refractivity contribution in [2.75, 3.05) is 26.4 Å². The third-order valence-corrected chi connectivity index (χ3v) is 11.5. The Morgan fingerprint density at radius 1 is 0.449 bits per heavy atom. The summed E-state index contributed by atoms with van der Waals surface area (Å²) in [6.45, 7) is 3.55. The molecule has 0 spiro atoms. The molecular formula is C59H96NO8P. The zero-order valence-corrected chi connectivity index (χ0v) is 44.1. The van der Waals surface area contributed by atoms with Crippen LogP contribution in [0.25, 0.3) is 0 Å². The van der Waals surface area contributed by atoms with Gasteiger partial charge in [0.1, 0.15) is 6.61 Å². The van der Waals surface area contributed by atoms with E-state index < -0.39 is 32.5 Å². The highest BCUT2D eigenvalue weighted by atomic mass is 31.2. The fourth-order valence-corrected chi connectivity index (χ4v) is 7.40. The van der Waals surface area contributed by atoms with Crippen molar-refractivity contribution >= 4 is 19.8 Å². The quantitative estimate of drug-likeness (QED) is 0.0264. The van der Waals surface area contributed by atoms with E-state index in [1.165, 1.54) is 51.4 Å². The summed E-state index contributed by atoms with van der Waals surface area (Å²) in [5.41, 5.74) is 5.35. The average Bonchev–Trinajstić information content (AvgIpc) is 3.34. The van der Waals surface area contributed by atoms with E-state index in [-0.39, 0.29) is 32.6 Å². The molecule has 3 N–H and O–H groups in total. The van der Waals surface area contributed by atoms with Gasteiger partial charge in [-0.05, 0) is 96.3 Å². The van der Waals surface area contributed by atoms with E-state index in [1.54, 1.807) is 0 Å². The van der Waals surface area contributed by atoms with Gasteiger partial charge in [-0.15, -0.1) is 0 Å². The molecule has 0 aromatic heterocycles. The van der Waals surface area contributed by atoms with Gasteiger partial charge >= 0.3 is 19.8 Å². The van der Waals surface area contributed by atoms with Gasteiger partial charge in [-0.2, -0.15) is 0 Å². The molecule has 69 heavy (non-hydrogen) atoms. The topological polar surface area (TPSA) is 134 Å². The highest BCUT2D eigenvalue weighted by Crippen LogP contribution is 2.43. The highest BCUT2D eigenvalue weighted by Gasteiger charge is 2.26. The number of carbonyl (C=O) groups is 2. The maximum atomic E-state index is 12.6. The molecule has 0 heterocycles. The minimum atomic E-state index is -4.40. The van der Waals surface area contributed by atoms with Gasteiger partial charge in [-0.25, -0.2) is 4.57 Å². The third-order valence-electron chi connectivity index (χ3n) is 10.6. The van der Waals surface area contributed by atoms with Crippen molar-refractivity contribution in [2.24, 2.45) is 5.73 Å². The Kier molecular flexibility index (Phi) is 50.5. The molecule has 2 atom stereocenters. The molecule has 0 saturated heterocycles. The Hall–Kier alpha value is -3.85. The number of hydrogen-bond acceptors (Lipinski definition) is 8. The van der Waals surface area contributed by atoms with Gasteiger partial charge in [0, 0.05) is 19.4 Å². The molecule has 2 unspecified atom stereocenters. The smallest absolute Gasteiger partial charge is 0.462 e. The fraction of sp³-hybridized carbons (Fsp3) is 0.593. The lowest BCUT2D eigenvalue weighted by atomic mass is 10.1. The predicted octanol–water partition coefficient (Wildman–Crippen LogP) is 16.6. The number of unbranched alkanes of at least 4 members (excludes halogenated alkanes) is 13. The van der Waals surface area contributed by atoms with Gasteiger partial charge in [0.25, 0.3) is 0 Å². The van der Waals surface area contributed by atoms with E-state index in [1.807, 2.05) is 0 Å². The number of phosphoric acid groups is 1. The van der Waals surface area contributed by atoms with Crippen LogP contribution in [0.3, 0.4) is 0 Å². The summed E-state index contributed by atoms with van der Waals surface area (Å²) in [4.78, 5) is 34.9. The zero-order valence-electron chi connectivity index (χ0n) is 43.2. The molecule has 0 aliphatic rings. The van der Waals surface area contributed by atoms with Crippen LogP contribution < -0.4 is 5.73 Å². The molecule has 390 valence electrons. The van der Waals surface area contributed by atoms with E-state index in [0.29, 0.717) is 6.42 Å². The average molecular weight is 978 g/mol. The van der Waals surface area contributed by atoms with Crippen LogP contribution >= 0.6 is 7.82 Å². The number of rotatable bonds is 48. The first-order valence-electron chi connectivity index (χ1n) is 26.7. The lowest BCUT2D eigenvalue weighted by Crippen LogP contribution is -2.29. The highest BCUT2D eigenvalue weighted by molar-refractivity contribution is 7.47. The van der Waals surface area contributed by atoms with Crippen molar-refractivity contribution in [2.45, 2.75) is 200 Å². The standard InChI is InChI=1S/C59H96NO8P/c1-3-5-7-9-11-13-15-16-17-18-19-20-21-22-23-24-25-26-27-28-29-30-31-32-33-34-35-36-37-38-39-40-42-44-46-48-50-52-59(62)68-57(56-67-69(63,64)66-54-53-60)55-65-58(61)51-49-47-45-43-41-14-12-10-8-6-4-2/h5,7,11,13,16-17,19-20,22-23,25-26,28-29,31-32,34-35,37-38,40,42,57H,3-4,6,8-10,12,14-15,18,21,24,27,30,33,36,39,41,43-56,60H2,1-2H3,(H,63,64)/b7-5-,13-11-,17-16-,20-19-,23-22-,26-25-,29-28-,32-31-,35-34-,38-37-,42-40-. The molecule has 0 rings (SSSR count). The second kappa shape index (κ2) is 53.5. The normalized spacial score (nSPS) is 14.2. The molecule has 0 aromatic rings. The number of esters is 2. The van der Waals surface area contributed by atoms with Crippen LogP contribution in [0.5, 0.6) is 0 Å². The van der Waals surface area contributed by atoms with Crippen LogP contribution in [0.4, 0.5) is 0 Å². The van der Waals surface area contributed by atoms with Gasteiger partial charge in [0.05, 0.1) is 13.2 Å². The van der Waals surface area contributed by atoms with Crippen molar-refractivity contribution in [1.29, 1.82) is 0 Å². The number of hydrogen-bond donors (Lipinski definition) is 2. The summed E-state index contributed by atoms with van der Waals surface area (Å²) >= 11 is 0. The van der Waals surface area contributed by atoms with Gasteiger partial charge < -0.3 is 20.1 Å². The number of carbonyl (C=O) groups excluding carboxylic acids is 2. The summed E-state index contributed by atoms with van der Waals surface area (Å²) in [5.74, 6) is -0.877. The Balaban J connectivity index is 4.09. The first-order chi connectivity index (χ1) is 33.8. The van der Waals surface area contributed by atoms with Crippen molar-refractivity contribution in [1.82, 2.24) is 0 Å². The first-order valence-corrected chi connectivity index (χ1v) is 28.2. The van der Waals surface area contributed by atoms with Crippen molar-refractivity contribution in [3.8, 4) is 0 Å². The fourth-order valence-electron chi connectivity index (χ4n) is 6.64. The lowest BCUT2D eigenvalue weighted by Gasteiger charge is -2.19. The third kappa shape index (κ3) is 53.4. The maximum absolute atomic E-state index is 12.6. The van der Waals surface area contributed by atoms with E-state index in [0.717, 1.165) is 109 Å². The summed E-state index contributed by atoms with van der Waals surface area (Å²) in [6.07, 6.45) is 75.1. The molecule has 9 nitrogen and oxygen atoms in total. The summed E-state index contributed by atoms with van der Waals surface area (Å²) in [7, 11) is -4.40. The van der Waals surface area contributed by atoms with E-state index in [9.17, 15) is 19.0 Å². The van der Waals surface area contributed by atoms with Crippen LogP contribution in [0, 0.1) is 0 Å². The summed E-state index contributed by atoms with van der Waals surface area (Å²) in [6, 6.07) is 0. The summed E-state index contributed by atoms with van der Waals surface area (Å²) < 4.78 is 32.8. The SMILES string of the molecule is CC/C=C\C/C=C\C/C=C\C/C=C\C/C=C\C/C=C\C/C=C\C/C=C\C/C=C\C/C=C\C/C=C\CCCCCC(=O)OC(COC(=O)CCCCCCCCCCCCC)COP(=O)(O)OCCN. The lowest BCUT2D eigenvalue weighted by molar-refractivity contribution is -0.161. The van der Waals surface area contributed by atoms with Crippen LogP contribution in [0.1, 0.15) is 194 Å². The van der Waals surface area contributed by atoms with Crippen molar-refractivity contribution in [3.05, 3.63) is 134 Å². The molecular weight excluding hydrogens is 882 g/mol. The second-order valence-electron chi connectivity index (χ2n) is 17.0. The van der Waals surface area contributed by atoms with Crippen LogP contribution in [-0.4, -0.2) is 49.3 Å². The van der Waals surface area contributed by atoms with Gasteiger partial charge in [-0.3, -0.25) is 18.6 Å². The van der Waals surface area contributed by atoms with E-state index >= 15 is 0 Å². The Morgan fingerprint density at radius 2 is 0.797 bits per heavy atom. The van der Waals surface area contributed by atoms with Crippen LogP contribution in [-0.2, 0) is 32.7 Å². The number of allylic oxidation sites excluding steroid dienone is 22. The van der Waals surface area contributed by atoms with Crippen molar-refractivity contribution < 1.29 is 37.6 Å². The number of phosphoric ester groups is 1. The van der Waals surface area contributed by atoms with E-state index in [4.69, 9.17) is 24.3 Å². The minimum absolute atomic E-state index is 0.0416. The zero-order chi connectivity index (χ0) is 50.2. The monoisotopic (exact) mass is 978 g/mol. The number of nitrogens with two attached hydrogens (primary N) is 1. The van der Waals surface area contributed by atoms with Gasteiger partial charge in [-0.1, -0.05) is 218 Å². The largest absolute Gasteiger partial charge is 0.472 e. The first kappa shape index (κ1) is 65.1. The molecule has 0 saturated carbocycles. The molecule has 0 bridgehead atoms. The van der Waals surface area contributed by atoms with Crippen LogP contribution in [0.15, 0.2) is 134 Å². The maximum Gasteiger partial charge on any atom is 0.472 e. The predicted molar refractivity (Wildman–Crippen MR) is 293 cm³/mol. The summed E-state index contributed by atoms with van der Waals surface area (Å²) in [5, 5.41) is 0. The Morgan fingerprint density at radius 3 is 1.19 bits per heavy atom. The Labute approximate surface area is 421 Å². The van der Waals surface area contributed by atoms with E-state index in [2.05, 4.69) is 148 Å². The molecule has 0 radical (unpaired) electrons.